The van der Waals surface area contributed by atoms with Crippen LogP contribution in [0.1, 0.15) is 0 Å². The van der Waals surface area contributed by atoms with Crippen LogP contribution in [-0.2, 0) is 10.0 Å². The van der Waals surface area contributed by atoms with Crippen LogP contribution in [0.3, 0.4) is 0 Å². The van der Waals surface area contributed by atoms with Gasteiger partial charge in [-0.15, -0.1) is 0 Å². The minimum atomic E-state index is -3.93. The quantitative estimate of drug-likeness (QED) is 0.368. The molecule has 152 valence electrons. The number of nitrogens with zero attached hydrogens (tertiary/aromatic N) is 1. The fourth-order valence-corrected chi connectivity index (χ4v) is 4.21. The molecule has 0 atom stereocenters. The van der Waals surface area contributed by atoms with Gasteiger partial charge in [-0.25, -0.2) is 8.42 Å². The molecule has 0 aliphatic rings. The van der Waals surface area contributed by atoms with Crippen LogP contribution < -0.4 is 9.46 Å². The van der Waals surface area contributed by atoms with Crippen molar-refractivity contribution in [2.24, 2.45) is 0 Å². The molecule has 1 heterocycles. The summed E-state index contributed by atoms with van der Waals surface area (Å²) < 4.78 is 39.4. The van der Waals surface area contributed by atoms with Crippen LogP contribution in [-0.4, -0.2) is 13.6 Å². The van der Waals surface area contributed by atoms with Crippen LogP contribution in [0, 0.1) is 0 Å². The van der Waals surface area contributed by atoms with E-state index in [2.05, 4.69) is 9.88 Å². The molecule has 0 bridgehead atoms. The molecule has 6 nitrogen and oxygen atoms in total. The van der Waals surface area contributed by atoms with Crippen molar-refractivity contribution in [3.8, 4) is 23.0 Å². The molecule has 0 spiro atoms. The normalized spacial score (nSPS) is 11.3. The van der Waals surface area contributed by atoms with Crippen molar-refractivity contribution in [1.29, 1.82) is 0 Å². The Labute approximate surface area is 183 Å². The number of anilines is 1. The molecule has 1 aromatic heterocycles. The van der Waals surface area contributed by atoms with Crippen molar-refractivity contribution in [2.75, 3.05) is 4.72 Å². The number of hydrogen-bond acceptors (Lipinski definition) is 5. The third-order valence-corrected chi connectivity index (χ3v) is 5.99. The van der Waals surface area contributed by atoms with Crippen molar-refractivity contribution < 1.29 is 17.7 Å². The second-order valence-electron chi connectivity index (χ2n) is 6.16. The second kappa shape index (κ2) is 8.39. The number of aromatic nitrogens is 1. The van der Waals surface area contributed by atoms with Gasteiger partial charge in [-0.2, -0.15) is 0 Å². The number of nitrogens with one attached hydrogen (secondary N) is 1. The van der Waals surface area contributed by atoms with Crippen LogP contribution in [0.5, 0.6) is 11.7 Å². The number of rotatable bonds is 6. The molecule has 1 N–H and O–H groups in total. The second-order valence-corrected chi connectivity index (χ2v) is 8.68. The molecule has 4 rings (SSSR count). The zero-order valence-electron chi connectivity index (χ0n) is 15.2. The highest BCUT2D eigenvalue weighted by Gasteiger charge is 2.26. The summed E-state index contributed by atoms with van der Waals surface area (Å²) >= 11 is 12.1. The lowest BCUT2D eigenvalue weighted by atomic mass is 10.1. The number of ether oxygens (including phenoxy) is 1. The van der Waals surface area contributed by atoms with E-state index in [-0.39, 0.29) is 33.0 Å². The van der Waals surface area contributed by atoms with Crippen molar-refractivity contribution >= 4 is 38.9 Å². The monoisotopic (exact) mass is 460 g/mol. The van der Waals surface area contributed by atoms with Gasteiger partial charge in [-0.3, -0.25) is 4.72 Å². The first kappa shape index (κ1) is 20.3. The van der Waals surface area contributed by atoms with Gasteiger partial charge in [-0.1, -0.05) is 76.9 Å². The van der Waals surface area contributed by atoms with Gasteiger partial charge in [0, 0.05) is 10.6 Å². The van der Waals surface area contributed by atoms with E-state index in [0.29, 0.717) is 10.6 Å². The SMILES string of the molecule is O=S(=O)(Nc1c(-c2ccccc2)noc1Oc1ccc(Cl)cc1Cl)c1ccccc1. The predicted octanol–water partition coefficient (Wildman–Crippen LogP) is 6.24. The van der Waals surface area contributed by atoms with Gasteiger partial charge < -0.3 is 9.26 Å². The van der Waals surface area contributed by atoms with Crippen molar-refractivity contribution in [1.82, 2.24) is 5.16 Å². The minimum absolute atomic E-state index is 0.0519. The lowest BCUT2D eigenvalue weighted by molar-refractivity contribution is 0.292. The molecule has 9 heteroatoms. The highest BCUT2D eigenvalue weighted by Crippen LogP contribution is 2.41. The van der Waals surface area contributed by atoms with Crippen molar-refractivity contribution in [2.45, 2.75) is 4.90 Å². The fourth-order valence-electron chi connectivity index (χ4n) is 2.68. The van der Waals surface area contributed by atoms with E-state index in [1.165, 1.54) is 18.2 Å². The van der Waals surface area contributed by atoms with Crippen LogP contribution in [0.15, 0.2) is 88.3 Å². The molecule has 4 aromatic rings. The number of benzene rings is 3. The van der Waals surface area contributed by atoms with E-state index in [1.54, 1.807) is 54.6 Å². The molecule has 0 radical (unpaired) electrons. The van der Waals surface area contributed by atoms with Gasteiger partial charge >= 0.3 is 5.95 Å². The third-order valence-electron chi connectivity index (χ3n) is 4.09. The Morgan fingerprint density at radius 2 is 1.57 bits per heavy atom. The molecule has 0 aliphatic carbocycles. The molecule has 0 saturated heterocycles. The maximum atomic E-state index is 12.9. The van der Waals surface area contributed by atoms with Gasteiger partial charge in [0.15, 0.2) is 5.69 Å². The van der Waals surface area contributed by atoms with E-state index in [4.69, 9.17) is 32.5 Å². The topological polar surface area (TPSA) is 81.4 Å². The summed E-state index contributed by atoms with van der Waals surface area (Å²) in [4.78, 5) is 0.0840. The molecule has 0 unspecified atom stereocenters. The molecular formula is C21H14Cl2N2O4S. The Balaban J connectivity index is 1.79. The van der Waals surface area contributed by atoms with E-state index < -0.39 is 10.0 Å². The standard InChI is InChI=1S/C21H14Cl2N2O4S/c22-15-11-12-18(17(23)13-15)28-21-20(19(24-29-21)14-7-3-1-4-8-14)25-30(26,27)16-9-5-2-6-10-16/h1-13,25H. The van der Waals surface area contributed by atoms with Crippen LogP contribution in [0.4, 0.5) is 5.69 Å². The maximum absolute atomic E-state index is 12.9. The third kappa shape index (κ3) is 4.28. The Hall–Kier alpha value is -3.00. The summed E-state index contributed by atoms with van der Waals surface area (Å²) in [5, 5.41) is 4.68. The van der Waals surface area contributed by atoms with Crippen LogP contribution in [0.25, 0.3) is 11.3 Å². The molecule has 0 fully saturated rings. The summed E-state index contributed by atoms with van der Waals surface area (Å²) in [5.74, 6) is 0.0783. The summed E-state index contributed by atoms with van der Waals surface area (Å²) in [5.41, 5.74) is 0.968. The summed E-state index contributed by atoms with van der Waals surface area (Å²) in [7, 11) is -3.93. The van der Waals surface area contributed by atoms with Crippen molar-refractivity contribution in [3.05, 3.63) is 88.9 Å². The first-order chi connectivity index (χ1) is 14.4. The Morgan fingerprint density at radius 3 is 2.23 bits per heavy atom. The van der Waals surface area contributed by atoms with E-state index in [0.717, 1.165) is 0 Å². The average Bonchev–Trinajstić information content (AvgIpc) is 3.13. The van der Waals surface area contributed by atoms with Crippen LogP contribution >= 0.6 is 23.2 Å². The highest BCUT2D eigenvalue weighted by molar-refractivity contribution is 7.92. The van der Waals surface area contributed by atoms with E-state index in [9.17, 15) is 8.42 Å². The maximum Gasteiger partial charge on any atom is 0.341 e. The van der Waals surface area contributed by atoms with Gasteiger partial charge in [0.2, 0.25) is 0 Å². The Morgan fingerprint density at radius 1 is 0.900 bits per heavy atom. The zero-order valence-corrected chi connectivity index (χ0v) is 17.6. The van der Waals surface area contributed by atoms with Crippen molar-refractivity contribution in [3.63, 3.8) is 0 Å². The molecule has 0 aliphatic heterocycles. The zero-order chi connectivity index (χ0) is 21.1. The van der Waals surface area contributed by atoms with Gasteiger partial charge in [0.1, 0.15) is 11.4 Å². The Kier molecular flexibility index (Phi) is 5.67. The molecule has 0 saturated carbocycles. The van der Waals surface area contributed by atoms with Gasteiger partial charge in [0.05, 0.1) is 9.92 Å². The van der Waals surface area contributed by atoms with Gasteiger partial charge in [-0.05, 0) is 30.3 Å². The smallest absolute Gasteiger partial charge is 0.341 e. The van der Waals surface area contributed by atoms with E-state index >= 15 is 0 Å². The average molecular weight is 461 g/mol. The number of hydrogen-bond donors (Lipinski definition) is 1. The first-order valence-electron chi connectivity index (χ1n) is 8.70. The summed E-state index contributed by atoms with van der Waals surface area (Å²) in [6.45, 7) is 0. The summed E-state index contributed by atoms with van der Waals surface area (Å²) in [6.07, 6.45) is 0. The van der Waals surface area contributed by atoms with Gasteiger partial charge in [0.25, 0.3) is 10.0 Å². The Bertz CT molecular complexity index is 1280. The fraction of sp³-hybridized carbons (Fsp3) is 0. The lowest BCUT2D eigenvalue weighted by Gasteiger charge is -2.10. The molecular weight excluding hydrogens is 447 g/mol. The largest absolute Gasteiger partial charge is 0.421 e. The summed E-state index contributed by atoms with van der Waals surface area (Å²) in [6, 6.07) is 21.6. The molecule has 3 aromatic carbocycles. The first-order valence-corrected chi connectivity index (χ1v) is 10.9. The minimum Gasteiger partial charge on any atom is -0.421 e. The number of sulfonamides is 1. The van der Waals surface area contributed by atoms with E-state index in [1.807, 2.05) is 6.07 Å². The van der Waals surface area contributed by atoms with Crippen LogP contribution in [0.2, 0.25) is 10.0 Å². The predicted molar refractivity (Wildman–Crippen MR) is 116 cm³/mol. The molecule has 0 amide bonds. The molecule has 30 heavy (non-hydrogen) atoms. The number of halogens is 2. The highest BCUT2D eigenvalue weighted by atomic mass is 35.5. The lowest BCUT2D eigenvalue weighted by Crippen LogP contribution is -2.13.